The highest BCUT2D eigenvalue weighted by Gasteiger charge is 2.36. The first kappa shape index (κ1) is 21.3. The Bertz CT molecular complexity index is 973. The number of nitrogens with one attached hydrogen (secondary N) is 1. The van der Waals surface area contributed by atoms with Crippen molar-refractivity contribution in [2.45, 2.75) is 39.0 Å². The van der Waals surface area contributed by atoms with Gasteiger partial charge in [-0.2, -0.15) is 5.10 Å². The lowest BCUT2D eigenvalue weighted by Crippen LogP contribution is -2.43. The van der Waals surface area contributed by atoms with Crippen LogP contribution in [0.25, 0.3) is 0 Å². The number of hydrogen-bond acceptors (Lipinski definition) is 6. The third-order valence-electron chi connectivity index (χ3n) is 5.69. The summed E-state index contributed by atoms with van der Waals surface area (Å²) in [5.74, 6) is 1.78. The lowest BCUT2D eigenvalue weighted by atomic mass is 10.0. The smallest absolute Gasteiger partial charge is 0.128 e. The molecular weight excluding hydrogens is 390 g/mol. The van der Waals surface area contributed by atoms with Crippen LogP contribution < -0.4 is 15.0 Å². The fourth-order valence-corrected chi connectivity index (χ4v) is 4.03. The highest BCUT2D eigenvalue weighted by molar-refractivity contribution is 5.40. The summed E-state index contributed by atoms with van der Waals surface area (Å²) < 4.78 is 7.82. The van der Waals surface area contributed by atoms with Crippen molar-refractivity contribution in [3.8, 4) is 5.75 Å². The number of aryl methyl sites for hydroxylation is 2. The fourth-order valence-electron chi connectivity index (χ4n) is 4.03. The number of hydrogen-bond donors (Lipinski definition) is 2. The predicted molar refractivity (Wildman–Crippen MR) is 121 cm³/mol. The van der Waals surface area contributed by atoms with Gasteiger partial charge >= 0.3 is 0 Å². The van der Waals surface area contributed by atoms with Gasteiger partial charge in [0.25, 0.3) is 0 Å². The third-order valence-corrected chi connectivity index (χ3v) is 5.69. The molecule has 3 aromatic rings. The fraction of sp³-hybridized carbons (Fsp3) is 0.417. The second-order valence-corrected chi connectivity index (χ2v) is 8.33. The van der Waals surface area contributed by atoms with Gasteiger partial charge in [0.2, 0.25) is 0 Å². The SMILES string of the molecule is Cc1cc(C)n(CCOc2ccc(CNCC3(O)CCN(c4ccccn4)C3)cc2)n1. The molecule has 1 atom stereocenters. The molecule has 1 fully saturated rings. The standard InChI is InChI=1S/C24H31N5O2/c1-19-15-20(2)29(27-19)13-14-31-22-8-6-21(7-9-22)16-25-17-24(30)10-12-28(18-24)23-5-3-4-11-26-23/h3-9,11,15,25,30H,10,12-14,16-18H2,1-2H3. The molecule has 31 heavy (non-hydrogen) atoms. The first-order valence-electron chi connectivity index (χ1n) is 10.8. The van der Waals surface area contributed by atoms with Gasteiger partial charge in [-0.05, 0) is 56.2 Å². The maximum absolute atomic E-state index is 10.9. The van der Waals surface area contributed by atoms with Crippen LogP contribution in [0, 0.1) is 13.8 Å². The van der Waals surface area contributed by atoms with Crippen molar-refractivity contribution < 1.29 is 9.84 Å². The Labute approximate surface area is 183 Å². The molecule has 3 heterocycles. The molecular formula is C24H31N5O2. The van der Waals surface area contributed by atoms with Crippen LogP contribution in [0.1, 0.15) is 23.4 Å². The summed E-state index contributed by atoms with van der Waals surface area (Å²) in [5.41, 5.74) is 2.61. The van der Waals surface area contributed by atoms with Crippen molar-refractivity contribution in [3.63, 3.8) is 0 Å². The predicted octanol–water partition coefficient (Wildman–Crippen LogP) is 2.70. The third kappa shape index (κ3) is 5.62. The number of anilines is 1. The van der Waals surface area contributed by atoms with Crippen LogP contribution in [0.2, 0.25) is 0 Å². The largest absolute Gasteiger partial charge is 0.492 e. The van der Waals surface area contributed by atoms with Gasteiger partial charge in [0.1, 0.15) is 18.2 Å². The minimum atomic E-state index is -0.733. The quantitative estimate of drug-likeness (QED) is 0.553. The van der Waals surface area contributed by atoms with Gasteiger partial charge in [0, 0.05) is 38.1 Å². The number of pyridine rings is 1. The van der Waals surface area contributed by atoms with E-state index in [0.717, 1.165) is 48.0 Å². The van der Waals surface area contributed by atoms with Crippen molar-refractivity contribution in [3.05, 3.63) is 71.7 Å². The van der Waals surface area contributed by atoms with Crippen LogP contribution in [0.4, 0.5) is 5.82 Å². The van der Waals surface area contributed by atoms with E-state index in [1.165, 1.54) is 0 Å². The topological polar surface area (TPSA) is 75.4 Å². The number of aliphatic hydroxyl groups is 1. The molecule has 164 valence electrons. The molecule has 0 radical (unpaired) electrons. The summed E-state index contributed by atoms with van der Waals surface area (Å²) in [4.78, 5) is 6.52. The Kier molecular flexibility index (Phi) is 6.53. The van der Waals surface area contributed by atoms with E-state index in [0.29, 0.717) is 26.2 Å². The Hall–Kier alpha value is -2.90. The van der Waals surface area contributed by atoms with E-state index in [1.54, 1.807) is 6.20 Å². The summed E-state index contributed by atoms with van der Waals surface area (Å²) in [6, 6.07) is 16.0. The Morgan fingerprint density at radius 1 is 1.16 bits per heavy atom. The second-order valence-electron chi connectivity index (χ2n) is 8.33. The van der Waals surface area contributed by atoms with Crippen LogP contribution in [0.3, 0.4) is 0 Å². The maximum atomic E-state index is 10.9. The summed E-state index contributed by atoms with van der Waals surface area (Å²) in [7, 11) is 0. The molecule has 7 nitrogen and oxygen atoms in total. The molecule has 1 saturated heterocycles. The molecule has 1 aliphatic rings. The number of benzene rings is 1. The van der Waals surface area contributed by atoms with Gasteiger partial charge in [-0.15, -0.1) is 0 Å². The molecule has 1 aromatic carbocycles. The summed E-state index contributed by atoms with van der Waals surface area (Å²) in [6.07, 6.45) is 2.52. The minimum absolute atomic E-state index is 0.553. The average molecular weight is 422 g/mol. The van der Waals surface area contributed by atoms with E-state index < -0.39 is 5.60 Å². The van der Waals surface area contributed by atoms with E-state index in [1.807, 2.05) is 41.9 Å². The molecule has 1 aliphatic heterocycles. The molecule has 4 rings (SSSR count). The molecule has 2 N–H and O–H groups in total. The zero-order valence-electron chi connectivity index (χ0n) is 18.3. The van der Waals surface area contributed by atoms with Crippen LogP contribution >= 0.6 is 0 Å². The van der Waals surface area contributed by atoms with Crippen molar-refractivity contribution in [2.75, 3.05) is 31.1 Å². The molecule has 1 unspecified atom stereocenters. The van der Waals surface area contributed by atoms with Crippen LogP contribution in [-0.2, 0) is 13.1 Å². The van der Waals surface area contributed by atoms with Gasteiger partial charge in [-0.25, -0.2) is 4.98 Å². The summed E-state index contributed by atoms with van der Waals surface area (Å²) in [5, 5.41) is 18.7. The Morgan fingerprint density at radius 2 is 2.00 bits per heavy atom. The molecule has 0 aliphatic carbocycles. The van der Waals surface area contributed by atoms with Crippen LogP contribution in [-0.4, -0.2) is 51.7 Å². The Balaban J connectivity index is 1.19. The van der Waals surface area contributed by atoms with Gasteiger partial charge < -0.3 is 20.1 Å². The Morgan fingerprint density at radius 3 is 2.71 bits per heavy atom. The molecule has 0 amide bonds. The van der Waals surface area contributed by atoms with Gasteiger partial charge in [-0.3, -0.25) is 4.68 Å². The monoisotopic (exact) mass is 421 g/mol. The first-order valence-corrected chi connectivity index (χ1v) is 10.8. The maximum Gasteiger partial charge on any atom is 0.128 e. The number of aromatic nitrogens is 3. The highest BCUT2D eigenvalue weighted by atomic mass is 16.5. The number of rotatable bonds is 9. The van der Waals surface area contributed by atoms with Crippen LogP contribution in [0.15, 0.2) is 54.7 Å². The lowest BCUT2D eigenvalue weighted by molar-refractivity contribution is 0.0626. The first-order chi connectivity index (χ1) is 15.0. The molecule has 0 bridgehead atoms. The second kappa shape index (κ2) is 9.49. The molecule has 0 spiro atoms. The van der Waals surface area contributed by atoms with E-state index in [2.05, 4.69) is 45.4 Å². The molecule has 2 aromatic heterocycles. The van der Waals surface area contributed by atoms with Gasteiger partial charge in [0.05, 0.1) is 17.8 Å². The number of nitrogens with zero attached hydrogens (tertiary/aromatic N) is 4. The zero-order valence-corrected chi connectivity index (χ0v) is 18.3. The van der Waals surface area contributed by atoms with Crippen LogP contribution in [0.5, 0.6) is 5.75 Å². The summed E-state index contributed by atoms with van der Waals surface area (Å²) >= 11 is 0. The van der Waals surface area contributed by atoms with E-state index in [9.17, 15) is 5.11 Å². The van der Waals surface area contributed by atoms with E-state index >= 15 is 0 Å². The highest BCUT2D eigenvalue weighted by Crippen LogP contribution is 2.25. The van der Waals surface area contributed by atoms with E-state index in [4.69, 9.17) is 4.74 Å². The van der Waals surface area contributed by atoms with E-state index in [-0.39, 0.29) is 0 Å². The summed E-state index contributed by atoms with van der Waals surface area (Å²) in [6.45, 7) is 8.04. The van der Waals surface area contributed by atoms with Crippen molar-refractivity contribution in [1.82, 2.24) is 20.1 Å². The molecule has 7 heteroatoms. The normalized spacial score (nSPS) is 18.5. The molecule has 0 saturated carbocycles. The lowest BCUT2D eigenvalue weighted by Gasteiger charge is -2.24. The number of ether oxygens (including phenoxy) is 1. The van der Waals surface area contributed by atoms with Crippen molar-refractivity contribution >= 4 is 5.82 Å². The van der Waals surface area contributed by atoms with Crippen molar-refractivity contribution in [2.24, 2.45) is 0 Å². The zero-order chi connectivity index (χ0) is 21.7. The van der Waals surface area contributed by atoms with Gasteiger partial charge in [-0.1, -0.05) is 18.2 Å². The number of β-amino-alcohol motifs (C(OH)–C–C–N with tert-alkyl or cyclic N) is 1. The van der Waals surface area contributed by atoms with Gasteiger partial charge in [0.15, 0.2) is 0 Å². The minimum Gasteiger partial charge on any atom is -0.492 e. The van der Waals surface area contributed by atoms with Crippen molar-refractivity contribution in [1.29, 1.82) is 0 Å². The average Bonchev–Trinajstić information content (AvgIpc) is 3.31.